The summed E-state index contributed by atoms with van der Waals surface area (Å²) in [5.41, 5.74) is 0.168. The van der Waals surface area contributed by atoms with E-state index in [1.807, 2.05) is 6.92 Å². The van der Waals surface area contributed by atoms with E-state index in [9.17, 15) is 18.5 Å². The number of nitrogens with one attached hydrogen (secondary N) is 1. The summed E-state index contributed by atoms with van der Waals surface area (Å²) in [6, 6.07) is 4.12. The van der Waals surface area contributed by atoms with E-state index < -0.39 is 14.8 Å². The molecule has 1 aliphatic rings. The van der Waals surface area contributed by atoms with E-state index in [-0.39, 0.29) is 16.6 Å². The average Bonchev–Trinajstić information content (AvgIpc) is 2.98. The van der Waals surface area contributed by atoms with Crippen molar-refractivity contribution in [2.24, 2.45) is 0 Å². The Morgan fingerprint density at radius 1 is 1.35 bits per heavy atom. The second kappa shape index (κ2) is 7.27. The van der Waals surface area contributed by atoms with Crippen LogP contribution in [-0.2, 0) is 9.84 Å². The number of likely N-dealkylation sites (tertiary alicyclic amines) is 1. The van der Waals surface area contributed by atoms with Crippen molar-refractivity contribution < 1.29 is 13.3 Å². The first-order chi connectivity index (χ1) is 10.8. The van der Waals surface area contributed by atoms with Crippen LogP contribution >= 0.6 is 0 Å². The minimum absolute atomic E-state index is 0.0395. The van der Waals surface area contributed by atoms with Gasteiger partial charge in [0.05, 0.1) is 9.82 Å². The average molecular weight is 341 g/mol. The monoisotopic (exact) mass is 341 g/mol. The van der Waals surface area contributed by atoms with Gasteiger partial charge in [-0.3, -0.25) is 10.1 Å². The molecule has 0 aliphatic carbocycles. The number of nitro groups is 1. The van der Waals surface area contributed by atoms with E-state index in [0.717, 1.165) is 38.4 Å². The summed E-state index contributed by atoms with van der Waals surface area (Å²) >= 11 is 0. The maximum Gasteiger partial charge on any atom is 0.293 e. The van der Waals surface area contributed by atoms with Crippen molar-refractivity contribution in [2.75, 3.05) is 31.2 Å². The van der Waals surface area contributed by atoms with Crippen LogP contribution in [0.4, 0.5) is 11.4 Å². The van der Waals surface area contributed by atoms with E-state index in [4.69, 9.17) is 0 Å². The highest BCUT2D eigenvalue weighted by Gasteiger charge is 2.22. The molecule has 0 spiro atoms. The lowest BCUT2D eigenvalue weighted by molar-refractivity contribution is -0.384. The highest BCUT2D eigenvalue weighted by molar-refractivity contribution is 7.90. The summed E-state index contributed by atoms with van der Waals surface area (Å²) in [6.45, 7) is 4.99. The van der Waals surface area contributed by atoms with Crippen molar-refractivity contribution in [2.45, 2.75) is 37.1 Å². The molecule has 8 heteroatoms. The lowest BCUT2D eigenvalue weighted by Gasteiger charge is -2.24. The van der Waals surface area contributed by atoms with Crippen LogP contribution in [0.3, 0.4) is 0 Å². The van der Waals surface area contributed by atoms with Crippen molar-refractivity contribution >= 4 is 21.2 Å². The van der Waals surface area contributed by atoms with Gasteiger partial charge >= 0.3 is 0 Å². The molecule has 1 fully saturated rings. The highest BCUT2D eigenvalue weighted by atomic mass is 32.2. The van der Waals surface area contributed by atoms with Crippen molar-refractivity contribution in [1.29, 1.82) is 0 Å². The minimum atomic E-state index is -3.47. The number of sulfone groups is 1. The second-order valence-electron chi connectivity index (χ2n) is 5.97. The van der Waals surface area contributed by atoms with Crippen LogP contribution in [0, 0.1) is 10.1 Å². The van der Waals surface area contributed by atoms with Crippen molar-refractivity contribution in [3.63, 3.8) is 0 Å². The molecule has 128 valence electrons. The van der Waals surface area contributed by atoms with Crippen molar-refractivity contribution in [3.8, 4) is 0 Å². The molecule has 2 rings (SSSR count). The molecule has 0 amide bonds. The first-order valence-corrected chi connectivity index (χ1v) is 9.67. The fraction of sp³-hybridized carbons (Fsp3) is 0.600. The van der Waals surface area contributed by atoms with E-state index in [2.05, 4.69) is 10.2 Å². The summed E-state index contributed by atoms with van der Waals surface area (Å²) < 4.78 is 23.2. The van der Waals surface area contributed by atoms with Crippen molar-refractivity contribution in [3.05, 3.63) is 28.3 Å². The molecule has 23 heavy (non-hydrogen) atoms. The third-order valence-corrected chi connectivity index (χ3v) is 5.23. The van der Waals surface area contributed by atoms with Gasteiger partial charge in [-0.25, -0.2) is 8.42 Å². The Labute approximate surface area is 136 Å². The zero-order chi connectivity index (χ0) is 17.0. The molecule has 0 saturated carbocycles. The number of nitrogens with zero attached hydrogens (tertiary/aromatic N) is 2. The first kappa shape index (κ1) is 17.7. The molecule has 0 aromatic heterocycles. The summed E-state index contributed by atoms with van der Waals surface area (Å²) in [6.07, 6.45) is 4.27. The summed E-state index contributed by atoms with van der Waals surface area (Å²) in [5.74, 6) is 0. The quantitative estimate of drug-likeness (QED) is 0.604. The van der Waals surface area contributed by atoms with Crippen molar-refractivity contribution in [1.82, 2.24) is 4.90 Å². The molecule has 1 aliphatic heterocycles. The maximum atomic E-state index is 11.6. The van der Waals surface area contributed by atoms with Gasteiger partial charge in [0.25, 0.3) is 5.69 Å². The van der Waals surface area contributed by atoms with Gasteiger partial charge in [0.15, 0.2) is 9.84 Å². The molecular weight excluding hydrogens is 318 g/mol. The van der Waals surface area contributed by atoms with E-state index in [1.54, 1.807) is 0 Å². The van der Waals surface area contributed by atoms with E-state index in [0.29, 0.717) is 5.69 Å². The van der Waals surface area contributed by atoms with Crippen LogP contribution in [-0.4, -0.2) is 50.2 Å². The SMILES string of the molecule is CC[C@@H](CN1CCCC1)Nc1ccc(S(C)(=O)=O)cc1[N+](=O)[O-]. The van der Waals surface area contributed by atoms with Gasteiger partial charge in [-0.05, 0) is 44.5 Å². The van der Waals surface area contributed by atoms with E-state index in [1.165, 1.54) is 25.0 Å². The molecule has 1 aromatic rings. The Bertz CT molecular complexity index is 669. The fourth-order valence-corrected chi connectivity index (χ4v) is 3.43. The molecule has 1 saturated heterocycles. The van der Waals surface area contributed by atoms with Crippen LogP contribution < -0.4 is 5.32 Å². The predicted octanol–water partition coefficient (Wildman–Crippen LogP) is 2.28. The fourth-order valence-electron chi connectivity index (χ4n) is 2.79. The molecule has 0 bridgehead atoms. The third kappa shape index (κ3) is 4.65. The zero-order valence-electron chi connectivity index (χ0n) is 13.5. The van der Waals surface area contributed by atoms with Gasteiger partial charge in [-0.15, -0.1) is 0 Å². The molecule has 0 unspecified atom stereocenters. The molecule has 1 atom stereocenters. The van der Waals surface area contributed by atoms with Gasteiger partial charge in [0.1, 0.15) is 5.69 Å². The lowest BCUT2D eigenvalue weighted by atomic mass is 10.2. The molecule has 1 N–H and O–H groups in total. The number of hydrogen-bond acceptors (Lipinski definition) is 6. The number of benzene rings is 1. The lowest BCUT2D eigenvalue weighted by Crippen LogP contribution is -2.34. The smallest absolute Gasteiger partial charge is 0.293 e. The number of nitro benzene ring substituents is 1. The number of anilines is 1. The Balaban J connectivity index is 2.21. The Morgan fingerprint density at radius 2 is 2.00 bits per heavy atom. The van der Waals surface area contributed by atoms with Crippen LogP contribution in [0.1, 0.15) is 26.2 Å². The Morgan fingerprint density at radius 3 is 2.52 bits per heavy atom. The van der Waals surface area contributed by atoms with Crippen LogP contribution in [0.25, 0.3) is 0 Å². The maximum absolute atomic E-state index is 11.6. The molecule has 7 nitrogen and oxygen atoms in total. The van der Waals surface area contributed by atoms with Gasteiger partial charge < -0.3 is 10.2 Å². The normalized spacial score (nSPS) is 17.1. The molecule has 1 aromatic carbocycles. The Kier molecular flexibility index (Phi) is 5.59. The summed E-state index contributed by atoms with van der Waals surface area (Å²) in [4.78, 5) is 13.0. The van der Waals surface area contributed by atoms with Crippen LogP contribution in [0.5, 0.6) is 0 Å². The zero-order valence-corrected chi connectivity index (χ0v) is 14.3. The van der Waals surface area contributed by atoms with Gasteiger partial charge in [0.2, 0.25) is 0 Å². The minimum Gasteiger partial charge on any atom is -0.375 e. The third-order valence-electron chi connectivity index (χ3n) is 4.12. The predicted molar refractivity (Wildman–Crippen MR) is 89.6 cm³/mol. The topological polar surface area (TPSA) is 92.6 Å². The second-order valence-corrected chi connectivity index (χ2v) is 7.98. The number of hydrogen-bond donors (Lipinski definition) is 1. The standard InChI is InChI=1S/C15H23N3O4S/c1-3-12(11-17-8-4-5-9-17)16-14-7-6-13(23(2,21)22)10-15(14)18(19)20/h6-7,10,12,16H,3-5,8-9,11H2,1-2H3/t12-/m0/s1. The first-order valence-electron chi connectivity index (χ1n) is 7.78. The summed E-state index contributed by atoms with van der Waals surface area (Å²) in [7, 11) is -3.47. The van der Waals surface area contributed by atoms with Gasteiger partial charge in [-0.2, -0.15) is 0 Å². The van der Waals surface area contributed by atoms with Gasteiger partial charge in [0, 0.05) is 24.9 Å². The van der Waals surface area contributed by atoms with Gasteiger partial charge in [-0.1, -0.05) is 6.92 Å². The molecular formula is C15H23N3O4S. The highest BCUT2D eigenvalue weighted by Crippen LogP contribution is 2.28. The summed E-state index contributed by atoms with van der Waals surface area (Å²) in [5, 5.41) is 14.5. The largest absolute Gasteiger partial charge is 0.375 e. The van der Waals surface area contributed by atoms with E-state index >= 15 is 0 Å². The molecule has 0 radical (unpaired) electrons. The van der Waals surface area contributed by atoms with Crippen LogP contribution in [0.2, 0.25) is 0 Å². The number of rotatable bonds is 7. The molecule has 1 heterocycles. The Hall–Kier alpha value is -1.67. The van der Waals surface area contributed by atoms with Crippen LogP contribution in [0.15, 0.2) is 23.1 Å².